The summed E-state index contributed by atoms with van der Waals surface area (Å²) >= 11 is 0. The molecule has 2 unspecified atom stereocenters. The van der Waals surface area contributed by atoms with Crippen molar-refractivity contribution in [3.8, 4) is 0 Å². The highest BCUT2D eigenvalue weighted by molar-refractivity contribution is 5.76. The highest BCUT2D eigenvalue weighted by atomic mass is 16.5. The fraction of sp³-hybridized carbons (Fsp3) is 0.871. The second-order valence-electron chi connectivity index (χ2n) is 20.7. The lowest BCUT2D eigenvalue weighted by atomic mass is 10.0. The van der Waals surface area contributed by atoms with Crippen LogP contribution in [0.1, 0.15) is 322 Å². The first-order valence-electron chi connectivity index (χ1n) is 30.3. The molecule has 0 aromatic carbocycles. The topological polar surface area (TPSA) is 95.9 Å². The summed E-state index contributed by atoms with van der Waals surface area (Å²) in [5.41, 5.74) is 0. The van der Waals surface area contributed by atoms with E-state index < -0.39 is 12.1 Å². The first-order valence-corrected chi connectivity index (χ1v) is 30.3. The largest absolute Gasteiger partial charge is 0.466 e. The molecule has 0 spiro atoms. The summed E-state index contributed by atoms with van der Waals surface area (Å²) in [6, 6.07) is -0.623. The second kappa shape index (κ2) is 57.7. The van der Waals surface area contributed by atoms with Crippen molar-refractivity contribution in [1.82, 2.24) is 5.32 Å². The van der Waals surface area contributed by atoms with Gasteiger partial charge in [0, 0.05) is 12.8 Å². The summed E-state index contributed by atoms with van der Waals surface area (Å²) < 4.78 is 5.47. The molecule has 0 radical (unpaired) electrons. The number of aliphatic hydroxyl groups excluding tert-OH is 2. The highest BCUT2D eigenvalue weighted by Gasteiger charge is 2.18. The molecule has 6 heteroatoms. The van der Waals surface area contributed by atoms with Crippen molar-refractivity contribution in [2.75, 3.05) is 13.2 Å². The molecule has 0 aliphatic carbocycles. The van der Waals surface area contributed by atoms with E-state index >= 15 is 0 Å². The fourth-order valence-electron chi connectivity index (χ4n) is 9.26. The molecule has 0 aliphatic rings. The van der Waals surface area contributed by atoms with Crippen LogP contribution in [0, 0.1) is 0 Å². The number of ether oxygens (including phenoxy) is 1. The number of allylic oxidation sites excluding steroid dienone is 5. The van der Waals surface area contributed by atoms with Gasteiger partial charge < -0.3 is 20.3 Å². The van der Waals surface area contributed by atoms with E-state index in [1.54, 1.807) is 6.08 Å². The molecule has 0 aromatic heterocycles. The van der Waals surface area contributed by atoms with Crippen molar-refractivity contribution in [1.29, 1.82) is 0 Å². The Morgan fingerprint density at radius 3 is 1.18 bits per heavy atom. The van der Waals surface area contributed by atoms with Gasteiger partial charge in [-0.1, -0.05) is 288 Å². The molecule has 0 aliphatic heterocycles. The Hall–Kier alpha value is -1.92. The Kier molecular flexibility index (Phi) is 56.0. The molecule has 68 heavy (non-hydrogen) atoms. The first kappa shape index (κ1) is 66.1. The van der Waals surface area contributed by atoms with Gasteiger partial charge in [-0.25, -0.2) is 0 Å². The van der Waals surface area contributed by atoms with Gasteiger partial charge in [-0.05, 0) is 57.8 Å². The van der Waals surface area contributed by atoms with E-state index in [0.717, 1.165) is 51.4 Å². The van der Waals surface area contributed by atoms with Crippen LogP contribution < -0.4 is 5.32 Å². The van der Waals surface area contributed by atoms with E-state index in [4.69, 9.17) is 4.74 Å². The van der Waals surface area contributed by atoms with E-state index in [2.05, 4.69) is 43.5 Å². The summed E-state index contributed by atoms with van der Waals surface area (Å²) in [7, 11) is 0. The number of amides is 1. The summed E-state index contributed by atoms with van der Waals surface area (Å²) in [6.07, 6.45) is 72.0. The monoisotopic (exact) mass is 956 g/mol. The molecule has 0 bridgehead atoms. The normalized spacial score (nSPS) is 12.8. The van der Waals surface area contributed by atoms with Crippen molar-refractivity contribution in [3.63, 3.8) is 0 Å². The van der Waals surface area contributed by atoms with E-state index in [1.165, 1.54) is 244 Å². The molecule has 2 atom stereocenters. The minimum atomic E-state index is -0.840. The zero-order valence-electron chi connectivity index (χ0n) is 45.6. The second-order valence-corrected chi connectivity index (χ2v) is 20.7. The van der Waals surface area contributed by atoms with Crippen LogP contribution in [0.15, 0.2) is 36.5 Å². The average molecular weight is 957 g/mol. The Morgan fingerprint density at radius 2 is 0.765 bits per heavy atom. The van der Waals surface area contributed by atoms with Crippen LogP contribution in [0.4, 0.5) is 0 Å². The molecule has 6 nitrogen and oxygen atoms in total. The minimum Gasteiger partial charge on any atom is -0.466 e. The number of carbonyl (C=O) groups is 2. The van der Waals surface area contributed by atoms with Crippen LogP contribution in [0.5, 0.6) is 0 Å². The van der Waals surface area contributed by atoms with E-state index in [-0.39, 0.29) is 18.5 Å². The maximum atomic E-state index is 12.4. The maximum Gasteiger partial charge on any atom is 0.305 e. The maximum absolute atomic E-state index is 12.4. The van der Waals surface area contributed by atoms with Crippen LogP contribution in [0.2, 0.25) is 0 Å². The summed E-state index contributed by atoms with van der Waals surface area (Å²) in [6.45, 7) is 4.82. The van der Waals surface area contributed by atoms with Crippen LogP contribution in [0.25, 0.3) is 0 Å². The molecule has 0 saturated heterocycles. The van der Waals surface area contributed by atoms with Gasteiger partial charge in [-0.15, -0.1) is 0 Å². The zero-order valence-corrected chi connectivity index (χ0v) is 45.6. The van der Waals surface area contributed by atoms with Gasteiger partial charge in [0.1, 0.15) is 0 Å². The highest BCUT2D eigenvalue weighted by Crippen LogP contribution is 2.18. The number of carbonyl (C=O) groups excluding carboxylic acids is 2. The molecule has 0 rings (SSSR count). The minimum absolute atomic E-state index is 0.00272. The van der Waals surface area contributed by atoms with Crippen molar-refractivity contribution >= 4 is 11.9 Å². The number of unbranched alkanes of at least 4 members (excludes halogenated alkanes) is 41. The Labute approximate surface area is 424 Å². The molecular formula is C62H117NO5. The number of hydrogen-bond acceptors (Lipinski definition) is 5. The number of aliphatic hydroxyl groups is 2. The van der Waals surface area contributed by atoms with E-state index in [1.807, 2.05) is 6.08 Å². The Balaban J connectivity index is 3.33. The van der Waals surface area contributed by atoms with Gasteiger partial charge in [0.05, 0.1) is 25.4 Å². The van der Waals surface area contributed by atoms with Crippen LogP contribution in [-0.4, -0.2) is 47.4 Å². The lowest BCUT2D eigenvalue weighted by Crippen LogP contribution is -2.45. The van der Waals surface area contributed by atoms with Gasteiger partial charge in [0.25, 0.3) is 0 Å². The quantitative estimate of drug-likeness (QED) is 0.0321. The fourth-order valence-corrected chi connectivity index (χ4v) is 9.26. The van der Waals surface area contributed by atoms with Gasteiger partial charge in [-0.3, -0.25) is 9.59 Å². The van der Waals surface area contributed by atoms with E-state index in [9.17, 15) is 19.8 Å². The smallest absolute Gasteiger partial charge is 0.305 e. The molecule has 0 heterocycles. The Morgan fingerprint density at radius 1 is 0.412 bits per heavy atom. The lowest BCUT2D eigenvalue weighted by molar-refractivity contribution is -0.143. The average Bonchev–Trinajstić information content (AvgIpc) is 3.34. The third-order valence-electron chi connectivity index (χ3n) is 13.9. The molecule has 3 N–H and O–H groups in total. The van der Waals surface area contributed by atoms with Gasteiger partial charge in [0.15, 0.2) is 0 Å². The summed E-state index contributed by atoms with van der Waals surface area (Å²) in [5.74, 6) is -0.0637. The molecule has 1 amide bonds. The van der Waals surface area contributed by atoms with Gasteiger partial charge >= 0.3 is 5.97 Å². The molecule has 0 saturated carbocycles. The molecule has 0 fully saturated rings. The van der Waals surface area contributed by atoms with Crippen molar-refractivity contribution < 1.29 is 24.5 Å². The van der Waals surface area contributed by atoms with Gasteiger partial charge in [0.2, 0.25) is 5.91 Å². The molecular weight excluding hydrogens is 839 g/mol. The van der Waals surface area contributed by atoms with Crippen LogP contribution >= 0.6 is 0 Å². The third kappa shape index (κ3) is 53.4. The standard InChI is InChI=1S/C62H117NO5/c1-3-5-7-9-11-13-15-32-36-40-44-48-52-56-62(67)68-57-53-49-45-41-37-34-31-29-27-25-23-21-19-17-16-18-20-22-24-26-28-30-33-35-39-43-47-51-55-61(66)63-59(58-64)60(65)54-50-46-42-38-14-12-10-8-6-4-2/h7,9,13,15,50,54,59-60,64-65H,3-6,8,10-12,14,16-49,51-53,55-58H2,1-2H3,(H,63,66)/b9-7-,15-13-,54-50+. The van der Waals surface area contributed by atoms with E-state index in [0.29, 0.717) is 19.4 Å². The first-order chi connectivity index (χ1) is 33.5. The van der Waals surface area contributed by atoms with Crippen molar-refractivity contribution in [2.45, 2.75) is 334 Å². The lowest BCUT2D eigenvalue weighted by Gasteiger charge is -2.20. The number of esters is 1. The SMILES string of the molecule is CCC/C=C\C/C=C\CCCCCCCC(=O)OCCCCCCCCCCCCCCCCCCCCCCCCCCCCCCC(=O)NC(CO)C(O)/C=C/CCCCCCCCCC. The number of nitrogens with one attached hydrogen (secondary N) is 1. The van der Waals surface area contributed by atoms with Crippen LogP contribution in [0.3, 0.4) is 0 Å². The van der Waals surface area contributed by atoms with Crippen molar-refractivity contribution in [3.05, 3.63) is 36.5 Å². The Bertz CT molecular complexity index is 1100. The molecule has 0 aromatic rings. The third-order valence-corrected chi connectivity index (χ3v) is 13.9. The predicted molar refractivity (Wildman–Crippen MR) is 296 cm³/mol. The van der Waals surface area contributed by atoms with Crippen molar-refractivity contribution in [2.24, 2.45) is 0 Å². The van der Waals surface area contributed by atoms with Gasteiger partial charge in [-0.2, -0.15) is 0 Å². The summed E-state index contributed by atoms with van der Waals surface area (Å²) in [4.78, 5) is 24.4. The van der Waals surface area contributed by atoms with Crippen LogP contribution in [-0.2, 0) is 14.3 Å². The summed E-state index contributed by atoms with van der Waals surface area (Å²) in [5, 5.41) is 23.0. The number of rotatable bonds is 56. The molecule has 400 valence electrons. The number of hydrogen-bond donors (Lipinski definition) is 3. The predicted octanol–water partition coefficient (Wildman–Crippen LogP) is 18.8. The zero-order chi connectivity index (χ0) is 49.3.